The van der Waals surface area contributed by atoms with E-state index in [-0.39, 0.29) is 11.5 Å². The van der Waals surface area contributed by atoms with Crippen molar-refractivity contribution in [1.29, 1.82) is 0 Å². The number of ether oxygens (including phenoxy) is 1. The van der Waals surface area contributed by atoms with E-state index in [0.29, 0.717) is 12.4 Å². The van der Waals surface area contributed by atoms with Crippen molar-refractivity contribution >= 4 is 11.8 Å². The SMILES string of the molecule is O=c1[nH]cc(CSCCCOc2ccc(F)cc2)[nH]1. The van der Waals surface area contributed by atoms with Crippen LogP contribution in [0.1, 0.15) is 12.1 Å². The quantitative estimate of drug-likeness (QED) is 0.767. The van der Waals surface area contributed by atoms with Crippen LogP contribution >= 0.6 is 11.8 Å². The summed E-state index contributed by atoms with van der Waals surface area (Å²) in [6, 6.07) is 6.00. The van der Waals surface area contributed by atoms with E-state index in [4.69, 9.17) is 4.74 Å². The largest absolute Gasteiger partial charge is 0.494 e. The van der Waals surface area contributed by atoms with Gasteiger partial charge in [-0.15, -0.1) is 0 Å². The Kier molecular flexibility index (Phi) is 5.09. The number of benzene rings is 1. The third-order valence-corrected chi connectivity index (χ3v) is 3.52. The van der Waals surface area contributed by atoms with Crippen LogP contribution in [0.3, 0.4) is 0 Å². The molecule has 4 nitrogen and oxygen atoms in total. The number of imidazole rings is 1. The fourth-order valence-electron chi connectivity index (χ4n) is 1.51. The summed E-state index contributed by atoms with van der Waals surface area (Å²) in [5.74, 6) is 2.13. The molecule has 1 aromatic carbocycles. The van der Waals surface area contributed by atoms with Crippen LogP contribution in [0, 0.1) is 5.82 Å². The minimum Gasteiger partial charge on any atom is -0.494 e. The second kappa shape index (κ2) is 7.04. The minimum absolute atomic E-state index is 0.171. The summed E-state index contributed by atoms with van der Waals surface area (Å²) < 4.78 is 18.1. The summed E-state index contributed by atoms with van der Waals surface area (Å²) in [7, 11) is 0. The topological polar surface area (TPSA) is 57.9 Å². The molecule has 2 N–H and O–H groups in total. The molecule has 0 aliphatic heterocycles. The summed E-state index contributed by atoms with van der Waals surface area (Å²) in [5.41, 5.74) is 0.727. The lowest BCUT2D eigenvalue weighted by Gasteiger charge is -2.05. The summed E-state index contributed by atoms with van der Waals surface area (Å²) in [6.45, 7) is 0.599. The van der Waals surface area contributed by atoms with Crippen LogP contribution in [0.2, 0.25) is 0 Å². The van der Waals surface area contributed by atoms with Gasteiger partial charge in [0.2, 0.25) is 0 Å². The van der Waals surface area contributed by atoms with Crippen LogP contribution in [-0.2, 0) is 5.75 Å². The summed E-state index contributed by atoms with van der Waals surface area (Å²) in [5, 5.41) is 0. The van der Waals surface area contributed by atoms with Gasteiger partial charge in [-0.3, -0.25) is 0 Å². The highest BCUT2D eigenvalue weighted by Crippen LogP contribution is 2.13. The summed E-state index contributed by atoms with van der Waals surface area (Å²) in [6.07, 6.45) is 2.58. The molecule has 1 aromatic heterocycles. The maximum absolute atomic E-state index is 12.7. The van der Waals surface area contributed by atoms with E-state index >= 15 is 0 Å². The molecule has 0 amide bonds. The van der Waals surface area contributed by atoms with Crippen LogP contribution in [0.15, 0.2) is 35.3 Å². The van der Waals surface area contributed by atoms with Gasteiger partial charge in [-0.05, 0) is 36.4 Å². The van der Waals surface area contributed by atoms with E-state index in [1.165, 1.54) is 12.1 Å². The highest BCUT2D eigenvalue weighted by molar-refractivity contribution is 7.98. The highest BCUT2D eigenvalue weighted by atomic mass is 32.2. The summed E-state index contributed by atoms with van der Waals surface area (Å²) in [4.78, 5) is 16.1. The monoisotopic (exact) mass is 282 g/mol. The predicted molar refractivity (Wildman–Crippen MR) is 74.1 cm³/mol. The van der Waals surface area contributed by atoms with Gasteiger partial charge in [-0.25, -0.2) is 9.18 Å². The van der Waals surface area contributed by atoms with Gasteiger partial charge >= 0.3 is 5.69 Å². The molecular formula is C13H15FN2O2S. The number of aromatic nitrogens is 2. The zero-order chi connectivity index (χ0) is 13.5. The van der Waals surface area contributed by atoms with E-state index in [9.17, 15) is 9.18 Å². The molecule has 2 aromatic rings. The van der Waals surface area contributed by atoms with Crippen LogP contribution < -0.4 is 10.4 Å². The molecule has 0 atom stereocenters. The number of halogens is 1. The number of H-pyrrole nitrogens is 2. The van der Waals surface area contributed by atoms with Crippen molar-refractivity contribution in [3.63, 3.8) is 0 Å². The number of nitrogens with one attached hydrogen (secondary N) is 2. The van der Waals surface area contributed by atoms with E-state index < -0.39 is 0 Å². The molecule has 1 heterocycles. The van der Waals surface area contributed by atoms with Crippen LogP contribution in [0.5, 0.6) is 5.75 Å². The first-order valence-corrected chi connectivity index (χ1v) is 7.12. The van der Waals surface area contributed by atoms with E-state index in [1.807, 2.05) is 0 Å². The number of hydrogen-bond acceptors (Lipinski definition) is 3. The molecule has 0 radical (unpaired) electrons. The third-order valence-electron chi connectivity index (χ3n) is 2.42. The van der Waals surface area contributed by atoms with Crippen molar-refractivity contribution < 1.29 is 9.13 Å². The Morgan fingerprint density at radius 1 is 1.26 bits per heavy atom. The predicted octanol–water partition coefficient (Wildman–Crippen LogP) is 2.54. The first kappa shape index (κ1) is 13.7. The van der Waals surface area contributed by atoms with Crippen LogP contribution in [0.25, 0.3) is 0 Å². The van der Waals surface area contributed by atoms with Crippen molar-refractivity contribution in [2.75, 3.05) is 12.4 Å². The number of hydrogen-bond donors (Lipinski definition) is 2. The molecule has 6 heteroatoms. The van der Waals surface area contributed by atoms with Crippen molar-refractivity contribution in [3.05, 3.63) is 52.5 Å². The second-order valence-corrected chi connectivity index (χ2v) is 5.08. The molecule has 0 saturated heterocycles. The molecule has 0 fully saturated rings. The molecule has 2 rings (SSSR count). The molecule has 0 spiro atoms. The van der Waals surface area contributed by atoms with Crippen LogP contribution in [-0.4, -0.2) is 22.3 Å². The van der Waals surface area contributed by atoms with Crippen molar-refractivity contribution in [2.45, 2.75) is 12.2 Å². The normalized spacial score (nSPS) is 10.6. The van der Waals surface area contributed by atoms with Gasteiger partial charge in [0.05, 0.1) is 6.61 Å². The number of rotatable bonds is 7. The van der Waals surface area contributed by atoms with Crippen molar-refractivity contribution in [2.24, 2.45) is 0 Å². The first-order chi connectivity index (χ1) is 9.24. The van der Waals surface area contributed by atoms with Gasteiger partial charge < -0.3 is 14.7 Å². The molecule has 0 aliphatic rings. The van der Waals surface area contributed by atoms with E-state index in [2.05, 4.69) is 9.97 Å². The molecule has 0 aliphatic carbocycles. The molecule has 102 valence electrons. The lowest BCUT2D eigenvalue weighted by atomic mass is 10.3. The van der Waals surface area contributed by atoms with Crippen molar-refractivity contribution in [1.82, 2.24) is 9.97 Å². The standard InChI is InChI=1S/C13H15FN2O2S/c14-10-2-4-12(5-3-10)18-6-1-7-19-9-11-8-15-13(17)16-11/h2-5,8H,1,6-7,9H2,(H2,15,16,17). The third kappa shape index (κ3) is 4.82. The van der Waals surface area contributed by atoms with Crippen molar-refractivity contribution in [3.8, 4) is 5.75 Å². The van der Waals surface area contributed by atoms with Gasteiger partial charge in [0, 0.05) is 17.6 Å². The maximum atomic E-state index is 12.7. The van der Waals surface area contributed by atoms with Gasteiger partial charge in [0.15, 0.2) is 0 Å². The molecule has 19 heavy (non-hydrogen) atoms. The van der Waals surface area contributed by atoms with E-state index in [1.54, 1.807) is 30.1 Å². The molecule has 0 bridgehead atoms. The zero-order valence-electron chi connectivity index (χ0n) is 10.3. The van der Waals surface area contributed by atoms with Gasteiger partial charge in [0.1, 0.15) is 11.6 Å². The van der Waals surface area contributed by atoms with E-state index in [0.717, 1.165) is 23.6 Å². The Labute approximate surface area is 114 Å². The maximum Gasteiger partial charge on any atom is 0.323 e. The Balaban J connectivity index is 1.57. The minimum atomic E-state index is -0.261. The molecular weight excluding hydrogens is 267 g/mol. The lowest BCUT2D eigenvalue weighted by Crippen LogP contribution is -2.01. The van der Waals surface area contributed by atoms with Gasteiger partial charge in [0.25, 0.3) is 0 Å². The fourth-order valence-corrected chi connectivity index (χ4v) is 2.35. The van der Waals surface area contributed by atoms with Gasteiger partial charge in [-0.2, -0.15) is 11.8 Å². The van der Waals surface area contributed by atoms with Crippen LogP contribution in [0.4, 0.5) is 4.39 Å². The highest BCUT2D eigenvalue weighted by Gasteiger charge is 1.97. The second-order valence-electron chi connectivity index (χ2n) is 3.98. The zero-order valence-corrected chi connectivity index (χ0v) is 11.1. The average Bonchev–Trinajstić information content (AvgIpc) is 2.81. The number of thioether (sulfide) groups is 1. The molecule has 0 unspecified atom stereocenters. The molecule has 0 saturated carbocycles. The Morgan fingerprint density at radius 3 is 2.74 bits per heavy atom. The Bertz CT molecular complexity index is 550. The fraction of sp³-hybridized carbons (Fsp3) is 0.308. The van der Waals surface area contributed by atoms with Gasteiger partial charge in [-0.1, -0.05) is 0 Å². The smallest absolute Gasteiger partial charge is 0.323 e. The Morgan fingerprint density at radius 2 is 2.05 bits per heavy atom. The Hall–Kier alpha value is -1.69. The summed E-state index contributed by atoms with van der Waals surface area (Å²) >= 11 is 1.73. The lowest BCUT2D eigenvalue weighted by molar-refractivity contribution is 0.318. The number of aromatic amines is 2. The first-order valence-electron chi connectivity index (χ1n) is 5.97. The average molecular weight is 282 g/mol.